The number of esters is 1. The number of Topliss-reactive ketones (excluding diaryl/α,β-unsaturated/α-hetero) is 1. The SMILES string of the molecule is CCOC(=O)C(=O)c1ccc2n1C=CC2. The van der Waals surface area contributed by atoms with Gasteiger partial charge in [-0.15, -0.1) is 0 Å². The van der Waals surface area contributed by atoms with Gasteiger partial charge in [0.1, 0.15) is 5.69 Å². The molecule has 4 nitrogen and oxygen atoms in total. The predicted octanol–water partition coefficient (Wildman–Crippen LogP) is 1.26. The molecule has 1 aliphatic heterocycles. The highest BCUT2D eigenvalue weighted by Crippen LogP contribution is 2.17. The molecule has 2 rings (SSSR count). The van der Waals surface area contributed by atoms with E-state index in [0.717, 1.165) is 12.1 Å². The number of ketones is 1. The van der Waals surface area contributed by atoms with Crippen LogP contribution in [0.25, 0.3) is 6.20 Å². The molecule has 0 saturated carbocycles. The number of carbonyl (C=O) groups excluding carboxylic acids is 2. The first kappa shape index (κ1) is 9.71. The van der Waals surface area contributed by atoms with E-state index in [0.29, 0.717) is 5.69 Å². The van der Waals surface area contributed by atoms with Crippen LogP contribution in [0.1, 0.15) is 23.1 Å². The zero-order valence-corrected chi connectivity index (χ0v) is 8.40. The lowest BCUT2D eigenvalue weighted by atomic mass is 10.3. The Kier molecular flexibility index (Phi) is 2.41. The zero-order valence-electron chi connectivity index (χ0n) is 8.40. The van der Waals surface area contributed by atoms with Crippen molar-refractivity contribution in [1.82, 2.24) is 4.57 Å². The Morgan fingerprint density at radius 1 is 1.47 bits per heavy atom. The molecule has 78 valence electrons. The fourth-order valence-corrected chi connectivity index (χ4v) is 1.60. The molecule has 1 aromatic rings. The van der Waals surface area contributed by atoms with Crippen molar-refractivity contribution >= 4 is 18.0 Å². The molecular weight excluding hydrogens is 194 g/mol. The summed E-state index contributed by atoms with van der Waals surface area (Å²) in [7, 11) is 0. The van der Waals surface area contributed by atoms with Gasteiger partial charge in [0.2, 0.25) is 0 Å². The van der Waals surface area contributed by atoms with Gasteiger partial charge >= 0.3 is 5.97 Å². The van der Waals surface area contributed by atoms with E-state index in [4.69, 9.17) is 0 Å². The maximum Gasteiger partial charge on any atom is 0.381 e. The summed E-state index contributed by atoms with van der Waals surface area (Å²) in [6.07, 6.45) is 4.54. The van der Waals surface area contributed by atoms with Crippen LogP contribution in [0.4, 0.5) is 0 Å². The number of rotatable bonds is 3. The number of fused-ring (bicyclic) bond motifs is 1. The van der Waals surface area contributed by atoms with E-state index in [2.05, 4.69) is 4.74 Å². The molecule has 0 amide bonds. The highest BCUT2D eigenvalue weighted by Gasteiger charge is 2.22. The third kappa shape index (κ3) is 1.58. The number of carbonyl (C=O) groups is 2. The number of allylic oxidation sites excluding steroid dienone is 1. The minimum absolute atomic E-state index is 0.216. The Hall–Kier alpha value is -1.84. The van der Waals surface area contributed by atoms with Gasteiger partial charge in [-0.05, 0) is 19.1 Å². The van der Waals surface area contributed by atoms with Gasteiger partial charge in [0.25, 0.3) is 5.78 Å². The smallest absolute Gasteiger partial charge is 0.381 e. The van der Waals surface area contributed by atoms with Gasteiger partial charge in [0.15, 0.2) is 0 Å². The van der Waals surface area contributed by atoms with Crippen LogP contribution in [0.5, 0.6) is 0 Å². The Balaban J connectivity index is 2.26. The van der Waals surface area contributed by atoms with Gasteiger partial charge in [0, 0.05) is 18.3 Å². The zero-order chi connectivity index (χ0) is 10.8. The summed E-state index contributed by atoms with van der Waals surface area (Å²) in [6, 6.07) is 3.49. The third-order valence-corrected chi connectivity index (χ3v) is 2.28. The molecule has 0 aromatic carbocycles. The molecule has 0 bridgehead atoms. The predicted molar refractivity (Wildman–Crippen MR) is 54.4 cm³/mol. The second-order valence-corrected chi connectivity index (χ2v) is 3.22. The summed E-state index contributed by atoms with van der Waals surface area (Å²) in [4.78, 5) is 22.9. The first-order valence-electron chi connectivity index (χ1n) is 4.82. The average molecular weight is 205 g/mol. The van der Waals surface area contributed by atoms with Gasteiger partial charge < -0.3 is 9.30 Å². The quantitative estimate of drug-likeness (QED) is 0.424. The summed E-state index contributed by atoms with van der Waals surface area (Å²) in [5, 5.41) is 0. The Bertz CT molecular complexity index is 443. The summed E-state index contributed by atoms with van der Waals surface area (Å²) in [6.45, 7) is 1.89. The number of ether oxygens (including phenoxy) is 1. The van der Waals surface area contributed by atoms with Crippen LogP contribution in [-0.4, -0.2) is 22.9 Å². The van der Waals surface area contributed by atoms with Crippen LogP contribution in [0.3, 0.4) is 0 Å². The van der Waals surface area contributed by atoms with Crippen molar-refractivity contribution in [3.63, 3.8) is 0 Å². The van der Waals surface area contributed by atoms with Crippen LogP contribution in [0.15, 0.2) is 18.2 Å². The van der Waals surface area contributed by atoms with Crippen LogP contribution in [-0.2, 0) is 16.0 Å². The Morgan fingerprint density at radius 3 is 3.00 bits per heavy atom. The van der Waals surface area contributed by atoms with E-state index in [1.54, 1.807) is 23.8 Å². The van der Waals surface area contributed by atoms with Crippen molar-refractivity contribution in [2.24, 2.45) is 0 Å². The standard InChI is InChI=1S/C11H11NO3/c1-2-15-11(14)10(13)9-6-5-8-4-3-7-12(8)9/h3,5-7H,2,4H2,1H3. The van der Waals surface area contributed by atoms with Crippen molar-refractivity contribution in [3.8, 4) is 0 Å². The summed E-state index contributed by atoms with van der Waals surface area (Å²) < 4.78 is 6.38. The maximum absolute atomic E-state index is 11.6. The van der Waals surface area contributed by atoms with Crippen LogP contribution >= 0.6 is 0 Å². The van der Waals surface area contributed by atoms with Crippen LogP contribution in [0, 0.1) is 0 Å². The maximum atomic E-state index is 11.6. The van der Waals surface area contributed by atoms with E-state index in [-0.39, 0.29) is 6.61 Å². The van der Waals surface area contributed by atoms with Crippen molar-refractivity contribution in [1.29, 1.82) is 0 Å². The van der Waals surface area contributed by atoms with Crippen LogP contribution < -0.4 is 0 Å². The molecule has 15 heavy (non-hydrogen) atoms. The third-order valence-electron chi connectivity index (χ3n) is 2.28. The molecular formula is C11H11NO3. The Morgan fingerprint density at radius 2 is 2.27 bits per heavy atom. The number of aromatic nitrogens is 1. The average Bonchev–Trinajstić information content (AvgIpc) is 2.77. The molecule has 2 heterocycles. The minimum atomic E-state index is -0.793. The Labute approximate surface area is 87.1 Å². The normalized spacial score (nSPS) is 12.6. The number of hydrogen-bond acceptors (Lipinski definition) is 3. The minimum Gasteiger partial charge on any atom is -0.460 e. The fraction of sp³-hybridized carbons (Fsp3) is 0.273. The molecule has 0 aliphatic carbocycles. The monoisotopic (exact) mass is 205 g/mol. The molecule has 0 spiro atoms. The molecule has 0 saturated heterocycles. The van der Waals surface area contributed by atoms with Gasteiger partial charge in [-0.1, -0.05) is 6.08 Å². The molecule has 1 aliphatic rings. The largest absolute Gasteiger partial charge is 0.460 e. The lowest BCUT2D eigenvalue weighted by Crippen LogP contribution is -2.19. The molecule has 1 aromatic heterocycles. The van der Waals surface area contributed by atoms with Crippen molar-refractivity contribution in [3.05, 3.63) is 29.6 Å². The van der Waals surface area contributed by atoms with Gasteiger partial charge in [-0.3, -0.25) is 4.79 Å². The summed E-state index contributed by atoms with van der Waals surface area (Å²) in [5.41, 5.74) is 1.39. The lowest BCUT2D eigenvalue weighted by Gasteiger charge is -2.02. The van der Waals surface area contributed by atoms with Crippen LogP contribution in [0.2, 0.25) is 0 Å². The van der Waals surface area contributed by atoms with Gasteiger partial charge in [-0.2, -0.15) is 0 Å². The number of hydrogen-bond donors (Lipinski definition) is 0. The second kappa shape index (κ2) is 3.73. The van der Waals surface area contributed by atoms with Gasteiger partial charge in [-0.25, -0.2) is 4.79 Å². The second-order valence-electron chi connectivity index (χ2n) is 3.22. The molecule has 4 heteroatoms. The summed E-state index contributed by atoms with van der Waals surface area (Å²) in [5.74, 6) is -1.38. The van der Waals surface area contributed by atoms with Gasteiger partial charge in [0.05, 0.1) is 6.61 Å². The van der Waals surface area contributed by atoms with Crippen molar-refractivity contribution < 1.29 is 14.3 Å². The first-order chi connectivity index (χ1) is 7.24. The lowest BCUT2D eigenvalue weighted by molar-refractivity contribution is -0.137. The van der Waals surface area contributed by atoms with E-state index in [1.807, 2.05) is 12.1 Å². The molecule has 0 radical (unpaired) electrons. The van der Waals surface area contributed by atoms with E-state index >= 15 is 0 Å². The van der Waals surface area contributed by atoms with Crippen molar-refractivity contribution in [2.45, 2.75) is 13.3 Å². The topological polar surface area (TPSA) is 48.3 Å². The molecule has 0 atom stereocenters. The first-order valence-corrected chi connectivity index (χ1v) is 4.82. The van der Waals surface area contributed by atoms with E-state index in [9.17, 15) is 9.59 Å². The number of nitrogens with zero attached hydrogens (tertiary/aromatic N) is 1. The van der Waals surface area contributed by atoms with E-state index in [1.165, 1.54) is 0 Å². The van der Waals surface area contributed by atoms with E-state index < -0.39 is 11.8 Å². The van der Waals surface area contributed by atoms with Crippen molar-refractivity contribution in [2.75, 3.05) is 6.61 Å². The summed E-state index contributed by atoms with van der Waals surface area (Å²) >= 11 is 0. The molecule has 0 unspecified atom stereocenters. The molecule has 0 N–H and O–H groups in total. The highest BCUT2D eigenvalue weighted by atomic mass is 16.5. The highest BCUT2D eigenvalue weighted by molar-refractivity contribution is 6.40. The molecule has 0 fully saturated rings. The fourth-order valence-electron chi connectivity index (χ4n) is 1.60.